The lowest BCUT2D eigenvalue weighted by molar-refractivity contribution is -0.134. The van der Waals surface area contributed by atoms with Crippen LogP contribution in [0.3, 0.4) is 0 Å². The maximum absolute atomic E-state index is 12.6. The molecule has 292 valence electrons. The third-order valence-electron chi connectivity index (χ3n) is 9.65. The first-order chi connectivity index (χ1) is 25.6. The molecular formula is C40H52N4O8S2. The summed E-state index contributed by atoms with van der Waals surface area (Å²) in [7, 11) is -6.97. The van der Waals surface area contributed by atoms with E-state index in [1.54, 1.807) is 24.3 Å². The van der Waals surface area contributed by atoms with Crippen molar-refractivity contribution in [3.63, 3.8) is 0 Å². The number of hydrogen-bond donors (Lipinski definition) is 4. The SMILES string of the molecule is CC1CC(C)N(CCNS(=O)(=O)c2cccc3ccccc23)C1.CC1CC(C)N(CCNS(=O)(=O)c2cccc3ccccc23)C1.O=C(O)C=CC(=O)O. The number of carbonyl (C=O) groups is 2. The molecule has 0 aliphatic carbocycles. The van der Waals surface area contributed by atoms with E-state index in [4.69, 9.17) is 10.2 Å². The molecule has 4 aromatic rings. The third-order valence-corrected chi connectivity index (χ3v) is 12.7. The van der Waals surface area contributed by atoms with E-state index in [2.05, 4.69) is 46.9 Å². The Kier molecular flexibility index (Phi) is 15.3. The quantitative estimate of drug-likeness (QED) is 0.136. The van der Waals surface area contributed by atoms with Crippen molar-refractivity contribution in [2.75, 3.05) is 39.3 Å². The number of nitrogens with zero attached hydrogens (tertiary/aromatic N) is 2. The maximum Gasteiger partial charge on any atom is 0.328 e. The summed E-state index contributed by atoms with van der Waals surface area (Å²) in [4.78, 5) is 24.5. The Morgan fingerprint density at radius 3 is 1.30 bits per heavy atom. The molecule has 0 radical (unpaired) electrons. The van der Waals surface area contributed by atoms with Gasteiger partial charge in [0.05, 0.1) is 9.79 Å². The van der Waals surface area contributed by atoms with Gasteiger partial charge in [-0.25, -0.2) is 35.9 Å². The number of likely N-dealkylation sites (tertiary alicyclic amines) is 2. The molecule has 12 nitrogen and oxygen atoms in total. The number of sulfonamides is 2. The van der Waals surface area contributed by atoms with Crippen LogP contribution in [0.5, 0.6) is 0 Å². The van der Waals surface area contributed by atoms with E-state index in [1.807, 2.05) is 60.7 Å². The molecule has 4 atom stereocenters. The second-order valence-corrected chi connectivity index (χ2v) is 17.6. The first kappa shape index (κ1) is 42.6. The summed E-state index contributed by atoms with van der Waals surface area (Å²) in [5, 5.41) is 19.0. The highest BCUT2D eigenvalue weighted by Gasteiger charge is 2.27. The Balaban J connectivity index is 0.000000201. The van der Waals surface area contributed by atoms with Crippen LogP contribution < -0.4 is 9.44 Å². The molecule has 0 spiro atoms. The van der Waals surface area contributed by atoms with Crippen LogP contribution in [0.4, 0.5) is 0 Å². The smallest absolute Gasteiger partial charge is 0.328 e. The van der Waals surface area contributed by atoms with Gasteiger partial charge in [-0.3, -0.25) is 9.80 Å². The fourth-order valence-corrected chi connectivity index (χ4v) is 9.70. The molecule has 2 aliphatic rings. The fraction of sp³-hybridized carbons (Fsp3) is 0.400. The monoisotopic (exact) mass is 780 g/mol. The van der Waals surface area contributed by atoms with Gasteiger partial charge in [-0.2, -0.15) is 0 Å². The van der Waals surface area contributed by atoms with Gasteiger partial charge in [0.2, 0.25) is 20.0 Å². The molecule has 0 saturated carbocycles. The summed E-state index contributed by atoms with van der Waals surface area (Å²) in [6.45, 7) is 13.4. The standard InChI is InChI=1S/2C18H24N2O2S.C4H4O4/c2*1-14-12-15(2)20(13-14)11-10-19-23(21,22)18-9-5-7-16-6-3-4-8-17(16)18;5-3(6)1-2-4(7)8/h2*3-9,14-15,19H,10-13H2,1-2H3;1-2H,(H,5,6)(H,7,8). The molecule has 2 heterocycles. The number of carboxylic acids is 2. The van der Waals surface area contributed by atoms with Crippen molar-refractivity contribution in [2.45, 2.75) is 62.4 Å². The third kappa shape index (κ3) is 12.2. The van der Waals surface area contributed by atoms with Crippen LogP contribution in [-0.4, -0.2) is 100 Å². The maximum atomic E-state index is 12.6. The summed E-state index contributed by atoms with van der Waals surface area (Å²) < 4.78 is 56.1. The zero-order valence-electron chi connectivity index (χ0n) is 31.3. The number of benzene rings is 4. The number of hydrogen-bond acceptors (Lipinski definition) is 8. The number of rotatable bonds is 12. The predicted molar refractivity (Wildman–Crippen MR) is 212 cm³/mol. The Morgan fingerprint density at radius 1 is 0.611 bits per heavy atom. The highest BCUT2D eigenvalue weighted by atomic mass is 32.2. The van der Waals surface area contributed by atoms with E-state index in [9.17, 15) is 26.4 Å². The van der Waals surface area contributed by atoms with Crippen LogP contribution in [0.25, 0.3) is 21.5 Å². The van der Waals surface area contributed by atoms with Crippen molar-refractivity contribution in [3.05, 3.63) is 97.1 Å². The lowest BCUT2D eigenvalue weighted by Gasteiger charge is -2.21. The Morgan fingerprint density at radius 2 is 0.963 bits per heavy atom. The molecule has 6 rings (SSSR count). The summed E-state index contributed by atoms with van der Waals surface area (Å²) in [6, 6.07) is 27.0. The fourth-order valence-electron chi connectivity index (χ4n) is 7.20. The predicted octanol–water partition coefficient (Wildman–Crippen LogP) is 5.41. The van der Waals surface area contributed by atoms with Gasteiger partial charge < -0.3 is 10.2 Å². The van der Waals surface area contributed by atoms with Gasteiger partial charge in [0.1, 0.15) is 0 Å². The number of aliphatic carboxylic acids is 2. The molecule has 14 heteroatoms. The van der Waals surface area contributed by atoms with E-state index in [1.165, 1.54) is 12.8 Å². The number of fused-ring (bicyclic) bond motifs is 2. The van der Waals surface area contributed by atoms with Gasteiger partial charge in [0, 0.05) is 74.3 Å². The Labute approximate surface area is 319 Å². The van der Waals surface area contributed by atoms with Gasteiger partial charge in [-0.15, -0.1) is 0 Å². The zero-order valence-corrected chi connectivity index (χ0v) is 32.9. The van der Waals surface area contributed by atoms with E-state index >= 15 is 0 Å². The molecule has 4 unspecified atom stereocenters. The van der Waals surface area contributed by atoms with Crippen molar-refractivity contribution in [1.29, 1.82) is 0 Å². The molecule has 0 bridgehead atoms. The zero-order chi connectivity index (χ0) is 39.5. The van der Waals surface area contributed by atoms with Crippen LogP contribution in [-0.2, 0) is 29.6 Å². The molecule has 54 heavy (non-hydrogen) atoms. The molecule has 4 N–H and O–H groups in total. The van der Waals surface area contributed by atoms with Crippen LogP contribution in [0.1, 0.15) is 40.5 Å². The minimum absolute atomic E-state index is 0.360. The average Bonchev–Trinajstić information content (AvgIpc) is 3.63. The second kappa shape index (κ2) is 19.4. The highest BCUT2D eigenvalue weighted by molar-refractivity contribution is 7.90. The molecule has 0 amide bonds. The van der Waals surface area contributed by atoms with Crippen molar-refractivity contribution < 1.29 is 36.6 Å². The molecule has 2 aliphatic heterocycles. The number of carboxylic acid groups (broad SMARTS) is 2. The van der Waals surface area contributed by atoms with E-state index in [-0.39, 0.29) is 0 Å². The number of nitrogens with one attached hydrogen (secondary N) is 2. The van der Waals surface area contributed by atoms with Crippen molar-refractivity contribution >= 4 is 53.5 Å². The van der Waals surface area contributed by atoms with Crippen LogP contribution in [0.2, 0.25) is 0 Å². The minimum Gasteiger partial charge on any atom is -0.478 e. The topological polar surface area (TPSA) is 173 Å². The van der Waals surface area contributed by atoms with E-state index < -0.39 is 32.0 Å². The normalized spacial score (nSPS) is 20.7. The lowest BCUT2D eigenvalue weighted by Crippen LogP contribution is -2.36. The van der Waals surface area contributed by atoms with E-state index in [0.29, 0.717) is 59.0 Å². The average molecular weight is 781 g/mol. The molecule has 4 aromatic carbocycles. The van der Waals surface area contributed by atoms with Gasteiger partial charge in [0.15, 0.2) is 0 Å². The van der Waals surface area contributed by atoms with Crippen molar-refractivity contribution in [1.82, 2.24) is 19.2 Å². The minimum atomic E-state index is -3.49. The van der Waals surface area contributed by atoms with Gasteiger partial charge in [-0.1, -0.05) is 86.6 Å². The Hall–Kier alpha value is -4.18. The first-order valence-electron chi connectivity index (χ1n) is 18.1. The second-order valence-electron chi connectivity index (χ2n) is 14.1. The Bertz CT molecular complexity index is 1980. The van der Waals surface area contributed by atoms with Gasteiger partial charge in [0.25, 0.3) is 0 Å². The molecule has 2 saturated heterocycles. The van der Waals surface area contributed by atoms with Crippen LogP contribution in [0, 0.1) is 11.8 Å². The van der Waals surface area contributed by atoms with Gasteiger partial charge in [-0.05, 0) is 61.4 Å². The van der Waals surface area contributed by atoms with Crippen molar-refractivity contribution in [2.24, 2.45) is 11.8 Å². The molecule has 2 fully saturated rings. The molecule has 0 aromatic heterocycles. The van der Waals surface area contributed by atoms with Gasteiger partial charge >= 0.3 is 11.9 Å². The van der Waals surface area contributed by atoms with E-state index in [0.717, 1.165) is 47.7 Å². The lowest BCUT2D eigenvalue weighted by atomic mass is 10.1. The largest absolute Gasteiger partial charge is 0.478 e. The summed E-state index contributed by atoms with van der Waals surface area (Å²) in [5.74, 6) is -1.13. The summed E-state index contributed by atoms with van der Waals surface area (Å²) in [5.41, 5.74) is 0. The summed E-state index contributed by atoms with van der Waals surface area (Å²) >= 11 is 0. The highest BCUT2D eigenvalue weighted by Crippen LogP contribution is 2.25. The summed E-state index contributed by atoms with van der Waals surface area (Å²) in [6.07, 6.45) is 3.50. The molecular weight excluding hydrogens is 729 g/mol. The van der Waals surface area contributed by atoms with Crippen LogP contribution >= 0.6 is 0 Å². The van der Waals surface area contributed by atoms with Crippen LogP contribution in [0.15, 0.2) is 107 Å². The van der Waals surface area contributed by atoms with Crippen molar-refractivity contribution in [3.8, 4) is 0 Å². The first-order valence-corrected chi connectivity index (χ1v) is 21.1.